The first kappa shape index (κ1) is 21.5. The maximum absolute atomic E-state index is 14.3. The van der Waals surface area contributed by atoms with E-state index < -0.39 is 17.7 Å². The van der Waals surface area contributed by atoms with Crippen LogP contribution in [-0.2, 0) is 11.4 Å². The molecule has 0 aliphatic carbocycles. The fourth-order valence-electron chi connectivity index (χ4n) is 3.49. The summed E-state index contributed by atoms with van der Waals surface area (Å²) in [6, 6.07) is 19.9. The molecule has 7 heteroatoms. The number of para-hydroxylation sites is 1. The third-order valence-corrected chi connectivity index (χ3v) is 5.23. The van der Waals surface area contributed by atoms with Gasteiger partial charge in [0.1, 0.15) is 11.6 Å². The lowest BCUT2D eigenvalue weighted by atomic mass is 10.0. The number of hydrogen-bond acceptors (Lipinski definition) is 3. The Labute approximate surface area is 185 Å². The first-order chi connectivity index (χ1) is 15.5. The summed E-state index contributed by atoms with van der Waals surface area (Å²) in [6.45, 7) is 2.16. The van der Waals surface area contributed by atoms with Gasteiger partial charge in [-0.05, 0) is 30.7 Å². The number of hydrogen-bond donors (Lipinski definition) is 1. The van der Waals surface area contributed by atoms with Crippen molar-refractivity contribution < 1.29 is 18.4 Å². The maximum Gasteiger partial charge on any atom is 0.322 e. The molecule has 5 nitrogen and oxygen atoms in total. The molecule has 0 fully saturated rings. The number of urea groups is 1. The number of amides is 2. The molecule has 2 amide bonds. The number of nitrogens with zero attached hydrogens (tertiary/aromatic N) is 2. The van der Waals surface area contributed by atoms with Gasteiger partial charge >= 0.3 is 6.03 Å². The second kappa shape index (κ2) is 9.60. The summed E-state index contributed by atoms with van der Waals surface area (Å²) >= 11 is 0. The quantitative estimate of drug-likeness (QED) is 0.556. The van der Waals surface area contributed by atoms with E-state index in [-0.39, 0.29) is 24.8 Å². The van der Waals surface area contributed by atoms with Crippen molar-refractivity contribution in [3.63, 3.8) is 0 Å². The highest BCUT2D eigenvalue weighted by Gasteiger charge is 2.27. The molecule has 1 atom stereocenters. The summed E-state index contributed by atoms with van der Waals surface area (Å²) in [6.07, 6.45) is 0.140. The fourth-order valence-corrected chi connectivity index (χ4v) is 3.49. The first-order valence-corrected chi connectivity index (χ1v) is 10.3. The molecule has 0 bridgehead atoms. The van der Waals surface area contributed by atoms with E-state index in [1.807, 2.05) is 37.3 Å². The van der Waals surface area contributed by atoms with Gasteiger partial charge in [-0.25, -0.2) is 13.6 Å². The molecule has 1 heterocycles. The lowest BCUT2D eigenvalue weighted by Crippen LogP contribution is -2.40. The minimum absolute atomic E-state index is 0.0372. The van der Waals surface area contributed by atoms with Crippen molar-refractivity contribution in [2.45, 2.75) is 26.0 Å². The summed E-state index contributed by atoms with van der Waals surface area (Å²) < 4.78 is 27.6. The Balaban J connectivity index is 1.48. The van der Waals surface area contributed by atoms with E-state index in [4.69, 9.17) is 4.84 Å². The van der Waals surface area contributed by atoms with Crippen LogP contribution < -0.4 is 5.32 Å². The number of benzene rings is 3. The summed E-state index contributed by atoms with van der Waals surface area (Å²) in [7, 11) is 0. The van der Waals surface area contributed by atoms with Crippen LogP contribution in [0, 0.1) is 18.6 Å². The second-order valence-corrected chi connectivity index (χ2v) is 7.75. The van der Waals surface area contributed by atoms with Crippen LogP contribution >= 0.6 is 0 Å². The van der Waals surface area contributed by atoms with Gasteiger partial charge in [-0.3, -0.25) is 0 Å². The molecule has 1 aliphatic heterocycles. The van der Waals surface area contributed by atoms with E-state index in [9.17, 15) is 13.6 Å². The Morgan fingerprint density at radius 1 is 1.09 bits per heavy atom. The summed E-state index contributed by atoms with van der Waals surface area (Å²) in [5, 5.41) is 7.00. The van der Waals surface area contributed by atoms with Gasteiger partial charge in [0.05, 0.1) is 18.8 Å². The Kier molecular flexibility index (Phi) is 6.44. The average Bonchev–Trinajstić information content (AvgIpc) is 3.25. The van der Waals surface area contributed by atoms with Crippen LogP contribution in [0.2, 0.25) is 0 Å². The van der Waals surface area contributed by atoms with Gasteiger partial charge in [0, 0.05) is 23.7 Å². The number of aryl methyl sites for hydroxylation is 1. The van der Waals surface area contributed by atoms with Crippen LogP contribution in [-0.4, -0.2) is 29.3 Å². The SMILES string of the molecule is Cc1ccc(C2=NOC(CN(Cc3ccc(F)cc3F)C(=O)Nc3ccccc3)C2)cc1. The number of rotatable bonds is 6. The molecule has 32 heavy (non-hydrogen) atoms. The van der Waals surface area contributed by atoms with E-state index in [0.29, 0.717) is 12.1 Å². The zero-order valence-electron chi connectivity index (χ0n) is 17.6. The van der Waals surface area contributed by atoms with Gasteiger partial charge in [-0.15, -0.1) is 0 Å². The molecule has 1 aliphatic rings. The monoisotopic (exact) mass is 435 g/mol. The first-order valence-electron chi connectivity index (χ1n) is 10.3. The van der Waals surface area contributed by atoms with Crippen LogP contribution in [0.5, 0.6) is 0 Å². The molecule has 0 aromatic heterocycles. The van der Waals surface area contributed by atoms with Crippen molar-refractivity contribution in [1.82, 2.24) is 4.90 Å². The number of anilines is 1. The van der Waals surface area contributed by atoms with E-state index in [0.717, 1.165) is 22.9 Å². The van der Waals surface area contributed by atoms with Crippen molar-refractivity contribution in [1.29, 1.82) is 0 Å². The molecule has 0 saturated carbocycles. The van der Waals surface area contributed by atoms with Crippen molar-refractivity contribution in [3.05, 3.63) is 101 Å². The maximum atomic E-state index is 14.3. The largest absolute Gasteiger partial charge is 0.390 e. The normalized spacial score (nSPS) is 15.1. The zero-order valence-corrected chi connectivity index (χ0v) is 17.6. The molecule has 3 aromatic carbocycles. The zero-order chi connectivity index (χ0) is 22.5. The third kappa shape index (κ3) is 5.29. The number of nitrogens with one attached hydrogen (secondary N) is 1. The molecule has 0 radical (unpaired) electrons. The average molecular weight is 435 g/mol. The summed E-state index contributed by atoms with van der Waals surface area (Å²) in [5.74, 6) is -1.37. The molecule has 4 rings (SSSR count). The van der Waals surface area contributed by atoms with E-state index in [1.54, 1.807) is 24.3 Å². The highest BCUT2D eigenvalue weighted by Crippen LogP contribution is 2.21. The van der Waals surface area contributed by atoms with Crippen molar-refractivity contribution in [2.24, 2.45) is 5.16 Å². The number of halogens is 2. The van der Waals surface area contributed by atoms with Gasteiger partial charge < -0.3 is 15.1 Å². The molecule has 0 saturated heterocycles. The predicted octanol–water partition coefficient (Wildman–Crippen LogP) is 5.50. The molecule has 3 aromatic rings. The van der Waals surface area contributed by atoms with Crippen molar-refractivity contribution in [3.8, 4) is 0 Å². The third-order valence-electron chi connectivity index (χ3n) is 5.23. The van der Waals surface area contributed by atoms with Gasteiger partial charge in [0.15, 0.2) is 6.10 Å². The molecule has 1 unspecified atom stereocenters. The van der Waals surface area contributed by atoms with Gasteiger partial charge in [-0.2, -0.15) is 0 Å². The highest BCUT2D eigenvalue weighted by molar-refractivity contribution is 6.01. The molecular weight excluding hydrogens is 412 g/mol. The van der Waals surface area contributed by atoms with Gasteiger partial charge in [0.2, 0.25) is 0 Å². The van der Waals surface area contributed by atoms with E-state index >= 15 is 0 Å². The Bertz CT molecular complexity index is 1120. The topological polar surface area (TPSA) is 53.9 Å². The van der Waals surface area contributed by atoms with Gasteiger partial charge in [0.25, 0.3) is 0 Å². The van der Waals surface area contributed by atoms with E-state index in [2.05, 4.69) is 10.5 Å². The number of oxime groups is 1. The molecular formula is C25H23F2N3O2. The van der Waals surface area contributed by atoms with E-state index in [1.165, 1.54) is 17.0 Å². The van der Waals surface area contributed by atoms with Gasteiger partial charge in [-0.1, -0.05) is 59.3 Å². The lowest BCUT2D eigenvalue weighted by molar-refractivity contribution is 0.0606. The van der Waals surface area contributed by atoms with Crippen LogP contribution in [0.4, 0.5) is 19.3 Å². The Hall–Kier alpha value is -3.74. The van der Waals surface area contributed by atoms with Crippen molar-refractivity contribution in [2.75, 3.05) is 11.9 Å². The summed E-state index contributed by atoms with van der Waals surface area (Å²) in [5.41, 5.74) is 3.74. The number of carbonyl (C=O) groups is 1. The van der Waals surface area contributed by atoms with Crippen LogP contribution in [0.15, 0.2) is 78.0 Å². The van der Waals surface area contributed by atoms with Crippen molar-refractivity contribution >= 4 is 17.4 Å². The summed E-state index contributed by atoms with van der Waals surface area (Å²) in [4.78, 5) is 20.0. The predicted molar refractivity (Wildman–Crippen MR) is 119 cm³/mol. The smallest absolute Gasteiger partial charge is 0.322 e. The standard InChI is InChI=1S/C25H23F2N3O2/c1-17-7-9-18(10-8-17)24-14-22(32-29-24)16-30(15-19-11-12-20(26)13-23(19)27)25(31)28-21-5-3-2-4-6-21/h2-13,22H,14-16H2,1H3,(H,28,31). The van der Waals surface area contributed by atoms with Crippen LogP contribution in [0.3, 0.4) is 0 Å². The lowest BCUT2D eigenvalue weighted by Gasteiger charge is -2.25. The minimum Gasteiger partial charge on any atom is -0.390 e. The molecule has 1 N–H and O–H groups in total. The van der Waals surface area contributed by atoms with Crippen LogP contribution in [0.1, 0.15) is 23.1 Å². The fraction of sp³-hybridized carbons (Fsp3) is 0.200. The minimum atomic E-state index is -0.702. The van der Waals surface area contributed by atoms with Crippen LogP contribution in [0.25, 0.3) is 0 Å². The Morgan fingerprint density at radius 3 is 2.56 bits per heavy atom. The number of carbonyl (C=O) groups excluding carboxylic acids is 1. The Morgan fingerprint density at radius 2 is 1.84 bits per heavy atom. The second-order valence-electron chi connectivity index (χ2n) is 7.75. The molecule has 164 valence electrons. The molecule has 0 spiro atoms. The highest BCUT2D eigenvalue weighted by atomic mass is 19.1.